The van der Waals surface area contributed by atoms with Crippen molar-refractivity contribution in [2.75, 3.05) is 19.0 Å². The van der Waals surface area contributed by atoms with Crippen molar-refractivity contribution >= 4 is 40.0 Å². The highest BCUT2D eigenvalue weighted by atomic mass is 32.2. The molecule has 0 aliphatic carbocycles. The van der Waals surface area contributed by atoms with E-state index in [1.807, 2.05) is 18.2 Å². The van der Waals surface area contributed by atoms with E-state index in [0.29, 0.717) is 23.5 Å². The molecule has 1 amide bonds. The number of ether oxygens (including phenoxy) is 1. The van der Waals surface area contributed by atoms with Crippen LogP contribution in [0.4, 0.5) is 5.00 Å². The molecule has 174 valence electrons. The predicted molar refractivity (Wildman–Crippen MR) is 121 cm³/mol. The van der Waals surface area contributed by atoms with Crippen molar-refractivity contribution in [1.29, 1.82) is 0 Å². The second-order valence-corrected chi connectivity index (χ2v) is 10.1. The number of thioether (sulfide) groups is 1. The zero-order valence-corrected chi connectivity index (χ0v) is 20.1. The third-order valence-corrected chi connectivity index (χ3v) is 7.74. The molecule has 3 heterocycles. The lowest BCUT2D eigenvalue weighted by Gasteiger charge is -2.27. The van der Waals surface area contributed by atoms with Crippen LogP contribution < -0.4 is 15.1 Å². The number of amides is 1. The van der Waals surface area contributed by atoms with E-state index in [1.165, 1.54) is 28.7 Å². The Morgan fingerprint density at radius 1 is 1.39 bits per heavy atom. The lowest BCUT2D eigenvalue weighted by Crippen LogP contribution is -2.33. The first-order chi connectivity index (χ1) is 15.9. The number of aryl methyl sites for hydroxylation is 1. The number of nitrogens with zero attached hydrogens (tertiary/aromatic N) is 3. The summed E-state index contributed by atoms with van der Waals surface area (Å²) in [5, 5.41) is 18.3. The third-order valence-electron chi connectivity index (χ3n) is 5.38. The van der Waals surface area contributed by atoms with Gasteiger partial charge in [0.05, 0.1) is 23.2 Å². The first-order valence-electron chi connectivity index (χ1n) is 10.4. The normalized spacial score (nSPS) is 14.5. The molecule has 1 aromatic carbocycles. The highest BCUT2D eigenvalue weighted by Crippen LogP contribution is 2.38. The van der Waals surface area contributed by atoms with Crippen LogP contribution in [0.25, 0.3) is 0 Å². The van der Waals surface area contributed by atoms with Crippen molar-refractivity contribution in [3.8, 4) is 5.95 Å². The summed E-state index contributed by atoms with van der Waals surface area (Å²) in [5.74, 6) is -1.39. The standard InChI is InChI=1S/C22H24N4O5S2/c1-13(32-20-22(29)31-24-25(20)2)18(27)23-19-17(21(28)30-3)15-9-10-26(12-16(15)33-19)11-14-7-5-4-6-8-14/h4-8,13H,9-12H2,1-3H3,(H-,23,24,27,28,29). The van der Waals surface area contributed by atoms with Crippen molar-refractivity contribution in [2.45, 2.75) is 36.7 Å². The zero-order valence-electron chi connectivity index (χ0n) is 18.5. The number of esters is 1. The third kappa shape index (κ3) is 5.05. The van der Waals surface area contributed by atoms with Crippen LogP contribution in [-0.2, 0) is 36.1 Å². The molecule has 1 N–H and O–H groups in total. The topological polar surface area (TPSA) is 112 Å². The van der Waals surface area contributed by atoms with Gasteiger partial charge >= 0.3 is 5.97 Å². The summed E-state index contributed by atoms with van der Waals surface area (Å²) in [7, 11) is 2.91. The maximum Gasteiger partial charge on any atom is 0.341 e. The molecule has 0 radical (unpaired) electrons. The van der Waals surface area contributed by atoms with Crippen LogP contribution in [0.15, 0.2) is 39.9 Å². The number of hydrogen-bond acceptors (Lipinski definition) is 9. The molecule has 1 unspecified atom stereocenters. The fourth-order valence-electron chi connectivity index (χ4n) is 3.70. The molecule has 0 fully saturated rings. The quantitative estimate of drug-likeness (QED) is 0.306. The average molecular weight is 489 g/mol. The molecule has 0 saturated carbocycles. The van der Waals surface area contributed by atoms with Crippen LogP contribution in [0.2, 0.25) is 0 Å². The van der Waals surface area contributed by atoms with Crippen LogP contribution in [-0.4, -0.2) is 41.0 Å². The van der Waals surface area contributed by atoms with Gasteiger partial charge in [-0.3, -0.25) is 9.69 Å². The van der Waals surface area contributed by atoms with Crippen molar-refractivity contribution in [1.82, 2.24) is 10.2 Å². The summed E-state index contributed by atoms with van der Waals surface area (Å²) in [4.78, 5) is 28.8. The van der Waals surface area contributed by atoms with Gasteiger partial charge in [0.15, 0.2) is 13.0 Å². The number of nitrogens with one attached hydrogen (secondary N) is 1. The number of carbonyl (C=O) groups is 2. The smallest absolute Gasteiger partial charge is 0.341 e. The van der Waals surface area contributed by atoms with E-state index in [2.05, 4.69) is 32.1 Å². The summed E-state index contributed by atoms with van der Waals surface area (Å²) < 4.78 is 10.9. The minimum absolute atomic E-state index is 0.230. The van der Waals surface area contributed by atoms with Gasteiger partial charge in [-0.25, -0.2) is 4.79 Å². The highest BCUT2D eigenvalue weighted by Gasteiger charge is 2.31. The number of methoxy groups -OCH3 is 1. The Morgan fingerprint density at radius 2 is 2.15 bits per heavy atom. The first-order valence-corrected chi connectivity index (χ1v) is 12.1. The Labute approximate surface area is 199 Å². The summed E-state index contributed by atoms with van der Waals surface area (Å²) in [6, 6.07) is 10.2. The number of rotatable bonds is 7. The monoisotopic (exact) mass is 488 g/mol. The van der Waals surface area contributed by atoms with Gasteiger partial charge in [0, 0.05) is 24.5 Å². The number of carbonyl (C=O) groups excluding carboxylic acids is 2. The fourth-order valence-corrected chi connectivity index (χ4v) is 5.81. The van der Waals surface area contributed by atoms with Crippen molar-refractivity contribution in [2.24, 2.45) is 7.05 Å². The van der Waals surface area contributed by atoms with Gasteiger partial charge in [-0.2, -0.15) is 0 Å². The van der Waals surface area contributed by atoms with Crippen LogP contribution in [0.3, 0.4) is 0 Å². The maximum absolute atomic E-state index is 12.9. The molecular weight excluding hydrogens is 464 g/mol. The summed E-state index contributed by atoms with van der Waals surface area (Å²) in [5.41, 5.74) is 2.58. The van der Waals surface area contributed by atoms with Crippen molar-refractivity contribution in [3.05, 3.63) is 51.9 Å². The lowest BCUT2D eigenvalue weighted by molar-refractivity contribution is -0.772. The number of thiophene rings is 1. The van der Waals surface area contributed by atoms with Crippen LogP contribution in [0.1, 0.15) is 33.3 Å². The molecule has 11 heteroatoms. The number of hydrogen-bond donors (Lipinski definition) is 1. The van der Waals surface area contributed by atoms with E-state index in [1.54, 1.807) is 14.0 Å². The molecule has 4 rings (SSSR count). The largest absolute Gasteiger partial charge is 0.538 e. The summed E-state index contributed by atoms with van der Waals surface area (Å²) in [6.07, 6.45) is 0.694. The van der Waals surface area contributed by atoms with Gasteiger partial charge in [-0.05, 0) is 36.2 Å². The maximum atomic E-state index is 12.9. The SMILES string of the molecule is COC(=O)c1c(NC(=O)C(C)Sc2c([O-])on[n+]2C)sc2c1CCN(Cc1ccccc1)C2. The molecule has 3 aromatic rings. The number of benzene rings is 1. The van der Waals surface area contributed by atoms with Gasteiger partial charge in [0.2, 0.25) is 5.91 Å². The van der Waals surface area contributed by atoms with E-state index in [9.17, 15) is 14.7 Å². The second-order valence-electron chi connectivity index (χ2n) is 7.68. The Kier molecular flexibility index (Phi) is 7.01. The van der Waals surface area contributed by atoms with Crippen molar-refractivity contribution < 1.29 is 28.6 Å². The first kappa shape index (κ1) is 23.3. The number of anilines is 1. The Morgan fingerprint density at radius 3 is 2.82 bits per heavy atom. The van der Waals surface area contributed by atoms with Gasteiger partial charge in [-0.1, -0.05) is 35.0 Å². The van der Waals surface area contributed by atoms with Gasteiger partial charge in [0.25, 0.3) is 5.03 Å². The molecule has 1 aliphatic rings. The molecule has 1 atom stereocenters. The van der Waals surface area contributed by atoms with Crippen LogP contribution in [0, 0.1) is 0 Å². The number of aromatic nitrogens is 2. The average Bonchev–Trinajstić information content (AvgIpc) is 3.32. The molecule has 2 aromatic heterocycles. The van der Waals surface area contributed by atoms with Gasteiger partial charge < -0.3 is 19.7 Å². The predicted octanol–water partition coefficient (Wildman–Crippen LogP) is 2.10. The fraction of sp³-hybridized carbons (Fsp3) is 0.364. The zero-order chi connectivity index (χ0) is 23.5. The van der Waals surface area contributed by atoms with E-state index >= 15 is 0 Å². The molecule has 0 saturated heterocycles. The molecule has 33 heavy (non-hydrogen) atoms. The molecule has 0 spiro atoms. The Hall–Kier alpha value is -2.89. The molecule has 9 nitrogen and oxygen atoms in total. The highest BCUT2D eigenvalue weighted by molar-refractivity contribution is 8.00. The summed E-state index contributed by atoms with van der Waals surface area (Å²) in [6.45, 7) is 3.99. The lowest BCUT2D eigenvalue weighted by atomic mass is 10.0. The van der Waals surface area contributed by atoms with Gasteiger partial charge in [-0.15, -0.1) is 11.3 Å². The Balaban J connectivity index is 1.52. The second kappa shape index (κ2) is 9.94. The minimum Gasteiger partial charge on any atom is -0.538 e. The van der Waals surface area contributed by atoms with E-state index < -0.39 is 17.2 Å². The minimum atomic E-state index is -0.609. The molecule has 0 bridgehead atoms. The van der Waals surface area contributed by atoms with E-state index in [0.717, 1.165) is 35.3 Å². The Bertz CT molecular complexity index is 1140. The number of fused-ring (bicyclic) bond motifs is 1. The molecular formula is C22H24N4O5S2. The van der Waals surface area contributed by atoms with Crippen molar-refractivity contribution in [3.63, 3.8) is 0 Å². The van der Waals surface area contributed by atoms with E-state index in [4.69, 9.17) is 4.74 Å². The van der Waals surface area contributed by atoms with Crippen LogP contribution >= 0.6 is 23.1 Å². The van der Waals surface area contributed by atoms with E-state index in [-0.39, 0.29) is 10.9 Å². The summed E-state index contributed by atoms with van der Waals surface area (Å²) >= 11 is 2.45. The van der Waals surface area contributed by atoms with Crippen LogP contribution in [0.5, 0.6) is 5.95 Å². The van der Waals surface area contributed by atoms with Gasteiger partial charge in [0.1, 0.15) is 5.00 Å². The molecule has 1 aliphatic heterocycles.